The van der Waals surface area contributed by atoms with Gasteiger partial charge in [0.05, 0.1) is 37.7 Å². The van der Waals surface area contributed by atoms with Gasteiger partial charge >= 0.3 is 13.4 Å². The minimum absolute atomic E-state index is 0.00399. The lowest BCUT2D eigenvalue weighted by atomic mass is 10.1. The first-order chi connectivity index (χ1) is 20.9. The predicted molar refractivity (Wildman–Crippen MR) is 158 cm³/mol. The van der Waals surface area contributed by atoms with Crippen LogP contribution >= 0.6 is 13.4 Å². The van der Waals surface area contributed by atoms with Gasteiger partial charge in [0.15, 0.2) is 29.3 Å². The van der Waals surface area contributed by atoms with Crippen molar-refractivity contribution in [1.82, 2.24) is 34.1 Å². The molecule has 19 nitrogen and oxygen atoms in total. The second kappa shape index (κ2) is 11.1. The molecule has 0 radical (unpaired) electrons. The van der Waals surface area contributed by atoms with Gasteiger partial charge in [-0.1, -0.05) is 0 Å². The highest BCUT2D eigenvalue weighted by atomic mass is 32.5. The summed E-state index contributed by atoms with van der Waals surface area (Å²) in [6.45, 7) is -8.76. The van der Waals surface area contributed by atoms with Crippen molar-refractivity contribution in [2.24, 2.45) is 0 Å². The fourth-order valence-electron chi connectivity index (χ4n) is 5.38. The van der Waals surface area contributed by atoms with Crippen LogP contribution in [0.2, 0.25) is 0 Å². The number of nitrogens with two attached hydrogens (primary N) is 2. The number of rotatable bonds is 2. The molecule has 3 saturated heterocycles. The van der Waals surface area contributed by atoms with Gasteiger partial charge in [-0.3, -0.25) is 23.4 Å². The first-order valence-electron chi connectivity index (χ1n) is 13.0. The van der Waals surface area contributed by atoms with Crippen LogP contribution in [0, 0.1) is 0 Å². The third kappa shape index (κ3) is 5.47. The van der Waals surface area contributed by atoms with Gasteiger partial charge in [-0.25, -0.2) is 15.0 Å². The van der Waals surface area contributed by atoms with Gasteiger partial charge in [0, 0.05) is 12.6 Å². The van der Waals surface area contributed by atoms with Crippen molar-refractivity contribution in [2.75, 3.05) is 24.7 Å². The number of anilines is 2. The number of hydrogen-bond acceptors (Lipinski definition) is 16. The third-order valence-electron chi connectivity index (χ3n) is 7.29. The van der Waals surface area contributed by atoms with E-state index in [0.717, 1.165) is 0 Å². The molecular weight excluding hydrogens is 664 g/mol. The van der Waals surface area contributed by atoms with E-state index in [2.05, 4.69) is 24.9 Å². The summed E-state index contributed by atoms with van der Waals surface area (Å²) in [5.74, 6) is -0.148. The zero-order chi connectivity index (χ0) is 31.0. The molecule has 0 aliphatic carbocycles. The molecule has 3 aliphatic heterocycles. The van der Waals surface area contributed by atoms with Gasteiger partial charge in [0.2, 0.25) is 5.95 Å². The van der Waals surface area contributed by atoms with Crippen molar-refractivity contribution >= 4 is 71.0 Å². The number of aromatic amines is 1. The SMILES string of the molecule is Nc1nc2c(ncn2[C@@H]2O[C@@H]3COP(O)(=S)O[C@@H]4C(O)[C@H](n5cnc6c(N)ccnc65)O[C@@H]4COP(O)(=S)OC2C3)c(=O)[nH]1. The molecule has 236 valence electrons. The fourth-order valence-corrected chi connectivity index (χ4v) is 8.28. The Balaban J connectivity index is 1.19. The second-order valence-corrected chi connectivity index (χ2v) is 15.8. The van der Waals surface area contributed by atoms with Crippen molar-refractivity contribution < 1.29 is 42.5 Å². The topological polar surface area (TPSA) is 262 Å². The van der Waals surface area contributed by atoms with Crippen LogP contribution in [0.5, 0.6) is 0 Å². The quantitative estimate of drug-likeness (QED) is 0.145. The van der Waals surface area contributed by atoms with E-state index >= 15 is 0 Å². The number of aromatic nitrogens is 7. The maximum Gasteiger partial charge on any atom is 0.325 e. The van der Waals surface area contributed by atoms with Crippen molar-refractivity contribution in [3.05, 3.63) is 35.3 Å². The van der Waals surface area contributed by atoms with Crippen molar-refractivity contribution in [2.45, 2.75) is 49.4 Å². The number of nitrogens with one attached hydrogen (secondary N) is 1. The Labute approximate surface area is 256 Å². The van der Waals surface area contributed by atoms with Gasteiger partial charge in [0.1, 0.15) is 29.9 Å². The van der Waals surface area contributed by atoms with Gasteiger partial charge < -0.3 is 49.4 Å². The first-order valence-corrected chi connectivity index (χ1v) is 18.2. The Kier molecular flexibility index (Phi) is 7.61. The van der Waals surface area contributed by atoms with E-state index in [9.17, 15) is 19.7 Å². The molecule has 4 aromatic heterocycles. The molecule has 4 unspecified atom stereocenters. The maximum absolute atomic E-state index is 12.3. The first kappa shape index (κ1) is 30.2. The number of fused-ring (bicyclic) bond motifs is 5. The minimum Gasteiger partial charge on any atom is -0.397 e. The largest absolute Gasteiger partial charge is 0.397 e. The van der Waals surface area contributed by atoms with Crippen LogP contribution in [0.15, 0.2) is 29.7 Å². The Bertz CT molecular complexity index is 1910. The number of imidazole rings is 2. The molecule has 0 spiro atoms. The highest BCUT2D eigenvalue weighted by Gasteiger charge is 2.50. The van der Waals surface area contributed by atoms with Crippen LogP contribution in [0.25, 0.3) is 22.3 Å². The Hall–Kier alpha value is -2.49. The molecule has 0 aromatic carbocycles. The summed E-state index contributed by atoms with van der Waals surface area (Å²) in [5.41, 5.74) is 12.3. The summed E-state index contributed by atoms with van der Waals surface area (Å²) in [5, 5.41) is 11.3. The summed E-state index contributed by atoms with van der Waals surface area (Å²) in [7, 11) is 0. The molecule has 7 rings (SSSR count). The van der Waals surface area contributed by atoms with Crippen molar-refractivity contribution in [3.63, 3.8) is 0 Å². The monoisotopic (exact) mass is 689 g/mol. The van der Waals surface area contributed by atoms with E-state index in [-0.39, 0.29) is 30.1 Å². The van der Waals surface area contributed by atoms with E-state index in [0.29, 0.717) is 16.9 Å². The lowest BCUT2D eigenvalue weighted by molar-refractivity contribution is -0.0603. The van der Waals surface area contributed by atoms with E-state index in [1.54, 1.807) is 6.07 Å². The molecule has 8 N–H and O–H groups in total. The highest BCUT2D eigenvalue weighted by Crippen LogP contribution is 2.54. The van der Waals surface area contributed by atoms with Gasteiger partial charge in [-0.15, -0.1) is 0 Å². The highest BCUT2D eigenvalue weighted by molar-refractivity contribution is 8.07. The van der Waals surface area contributed by atoms with E-state index in [4.69, 9.17) is 62.6 Å². The number of nitrogens with zero attached hydrogens (tertiary/aromatic N) is 6. The van der Waals surface area contributed by atoms with Crippen LogP contribution in [-0.4, -0.2) is 92.7 Å². The molecule has 3 aliphatic rings. The summed E-state index contributed by atoms with van der Waals surface area (Å²) in [4.78, 5) is 53.6. The number of aliphatic hydroxyl groups is 1. The van der Waals surface area contributed by atoms with Gasteiger partial charge in [-0.05, 0) is 29.7 Å². The maximum atomic E-state index is 12.3. The molecular formula is C21H25N9O10P2S2. The molecule has 2 bridgehead atoms. The lowest BCUT2D eigenvalue weighted by Crippen LogP contribution is -2.36. The smallest absolute Gasteiger partial charge is 0.325 e. The minimum atomic E-state index is -4.03. The molecule has 4 aromatic rings. The molecule has 3 fully saturated rings. The summed E-state index contributed by atoms with van der Waals surface area (Å²) in [6, 6.07) is 1.58. The van der Waals surface area contributed by atoms with E-state index in [1.165, 1.54) is 28.0 Å². The average Bonchev–Trinajstić information content (AvgIpc) is 3.72. The molecule has 44 heavy (non-hydrogen) atoms. The number of ether oxygens (including phenoxy) is 2. The van der Waals surface area contributed by atoms with Crippen LogP contribution in [0.3, 0.4) is 0 Å². The second-order valence-electron chi connectivity index (χ2n) is 10.2. The number of H-pyrrole nitrogens is 1. The zero-order valence-electron chi connectivity index (χ0n) is 22.2. The standard InChI is InChI=1S/C21H25N9O10P2S2/c22-9-1-2-24-16-12(9)25-6-29(16)20-14(31)15-11(38-20)5-36-41(33,43)39-10-3-8(4-35-42(34,44)40-15)37-19(10)30-7-26-13-17(30)27-21(23)28-18(13)32/h1-2,6-8,10-11,14-15,19-20,31H,3-5H2,(H2,22,24)(H,33,43)(H,34,44)(H3,23,27,28,32)/t8-,10?,11+,14?,15-,19+,20+,41?,42?/m0/s1. The zero-order valence-corrected chi connectivity index (χ0v) is 25.6. The number of hydrogen-bond donors (Lipinski definition) is 6. The summed E-state index contributed by atoms with van der Waals surface area (Å²) < 4.78 is 37.9. The van der Waals surface area contributed by atoms with E-state index in [1.807, 2.05) is 0 Å². The number of pyridine rings is 1. The average molecular weight is 690 g/mol. The van der Waals surface area contributed by atoms with Crippen molar-refractivity contribution in [1.29, 1.82) is 0 Å². The van der Waals surface area contributed by atoms with Crippen LogP contribution in [0.4, 0.5) is 11.6 Å². The Morgan fingerprint density at radius 3 is 2.43 bits per heavy atom. The molecule has 7 heterocycles. The molecule has 9 atom stereocenters. The van der Waals surface area contributed by atoms with Crippen LogP contribution < -0.4 is 17.0 Å². The third-order valence-corrected chi connectivity index (χ3v) is 10.4. The summed E-state index contributed by atoms with van der Waals surface area (Å²) >= 11 is 10.6. The van der Waals surface area contributed by atoms with E-state index < -0.39 is 68.6 Å². The van der Waals surface area contributed by atoms with Gasteiger partial charge in [-0.2, -0.15) is 4.98 Å². The molecule has 0 amide bonds. The van der Waals surface area contributed by atoms with Crippen LogP contribution in [-0.2, 0) is 51.2 Å². The fraction of sp³-hybridized carbons (Fsp3) is 0.476. The lowest BCUT2D eigenvalue weighted by Gasteiger charge is -2.28. The Morgan fingerprint density at radius 2 is 1.64 bits per heavy atom. The van der Waals surface area contributed by atoms with Gasteiger partial charge in [0.25, 0.3) is 5.56 Å². The van der Waals surface area contributed by atoms with Crippen LogP contribution in [0.1, 0.15) is 18.9 Å². The molecule has 23 heteroatoms. The number of nitrogen functional groups attached to an aromatic ring is 2. The summed E-state index contributed by atoms with van der Waals surface area (Å²) in [6.07, 6.45) is -3.44. The Morgan fingerprint density at radius 1 is 0.932 bits per heavy atom. The molecule has 0 saturated carbocycles. The van der Waals surface area contributed by atoms with Crippen molar-refractivity contribution in [3.8, 4) is 0 Å². The number of aliphatic hydroxyl groups excluding tert-OH is 1. The predicted octanol–water partition coefficient (Wildman–Crippen LogP) is -0.475. The normalized spacial score (nSPS) is 36.6.